The van der Waals surface area contributed by atoms with Crippen LogP contribution in [0.5, 0.6) is 5.75 Å². The third kappa shape index (κ3) is 3.57. The molecule has 2 aliphatic rings. The summed E-state index contributed by atoms with van der Waals surface area (Å²) in [6.07, 6.45) is -0.145. The molecule has 0 radical (unpaired) electrons. The molecule has 0 bridgehead atoms. The van der Waals surface area contributed by atoms with Crippen LogP contribution in [0.2, 0.25) is 5.02 Å². The van der Waals surface area contributed by atoms with Gasteiger partial charge in [0.15, 0.2) is 0 Å². The Kier molecular flexibility index (Phi) is 5.17. The monoisotopic (exact) mass is 544 g/mol. The molecule has 4 nitrogen and oxygen atoms in total. The number of hydrazone groups is 1. The third-order valence-corrected chi connectivity index (χ3v) is 6.56. The van der Waals surface area contributed by atoms with Crippen LogP contribution in [0, 0.1) is 0 Å². The molecule has 7 heteroatoms. The summed E-state index contributed by atoms with van der Waals surface area (Å²) in [4.78, 5) is 13.3. The second kappa shape index (κ2) is 7.84. The van der Waals surface area contributed by atoms with Gasteiger partial charge in [-0.05, 0) is 48.0 Å². The summed E-state index contributed by atoms with van der Waals surface area (Å²) in [6, 6.07) is 20.7. The highest BCUT2D eigenvalue weighted by Crippen LogP contribution is 2.44. The largest absolute Gasteiger partial charge is 0.461 e. The van der Waals surface area contributed by atoms with Crippen molar-refractivity contribution < 1.29 is 9.53 Å². The first kappa shape index (κ1) is 19.8. The van der Waals surface area contributed by atoms with E-state index < -0.39 is 6.23 Å². The molecule has 3 aromatic carbocycles. The summed E-state index contributed by atoms with van der Waals surface area (Å²) in [6.45, 7) is 0. The zero-order chi connectivity index (χ0) is 20.8. The van der Waals surface area contributed by atoms with Crippen molar-refractivity contribution in [1.82, 2.24) is 5.01 Å². The molecule has 2 atom stereocenters. The molecule has 150 valence electrons. The average Bonchev–Trinajstić information content (AvgIpc) is 3.19. The van der Waals surface area contributed by atoms with E-state index in [2.05, 4.69) is 31.9 Å². The Bertz CT molecular complexity index is 1160. The van der Waals surface area contributed by atoms with E-state index in [0.29, 0.717) is 22.8 Å². The van der Waals surface area contributed by atoms with E-state index in [4.69, 9.17) is 21.4 Å². The van der Waals surface area contributed by atoms with Crippen LogP contribution in [0.1, 0.15) is 33.9 Å². The van der Waals surface area contributed by atoms with E-state index in [1.54, 1.807) is 17.1 Å². The summed E-state index contributed by atoms with van der Waals surface area (Å²) >= 11 is 13.0. The first-order valence-electron chi connectivity index (χ1n) is 9.37. The Hall–Kier alpha value is -2.15. The molecule has 0 aromatic heterocycles. The molecule has 0 saturated carbocycles. The molecule has 2 aliphatic heterocycles. The number of fused-ring (bicyclic) bond motifs is 3. The number of rotatable bonds is 3. The Labute approximate surface area is 195 Å². The van der Waals surface area contributed by atoms with Gasteiger partial charge >= 0.3 is 0 Å². The quantitative estimate of drug-likeness (QED) is 0.347. The predicted octanol–water partition coefficient (Wildman–Crippen LogP) is 6.62. The van der Waals surface area contributed by atoms with E-state index in [0.717, 1.165) is 25.8 Å². The van der Waals surface area contributed by atoms with Crippen molar-refractivity contribution >= 4 is 55.0 Å². The van der Waals surface area contributed by atoms with Crippen LogP contribution >= 0.6 is 43.5 Å². The van der Waals surface area contributed by atoms with Gasteiger partial charge in [0.2, 0.25) is 5.78 Å². The summed E-state index contributed by atoms with van der Waals surface area (Å²) in [7, 11) is 0. The summed E-state index contributed by atoms with van der Waals surface area (Å²) in [5.74, 6) is 0.588. The molecule has 2 heterocycles. The number of hydrogen-bond donors (Lipinski definition) is 0. The standard InChI is InChI=1S/C23H15Br2ClN2O2/c24-15-5-1-14(2-6-15)22(29)23-28-20(18-11-16(25)7-10-21(18)30-23)12-19(27-28)13-3-8-17(26)9-4-13/h1-11,20,23H,12H2. The highest BCUT2D eigenvalue weighted by Gasteiger charge is 2.43. The second-order valence-electron chi connectivity index (χ2n) is 7.18. The maximum absolute atomic E-state index is 13.3. The molecule has 0 spiro atoms. The Morgan fingerprint density at radius 1 is 1.00 bits per heavy atom. The van der Waals surface area contributed by atoms with Crippen LogP contribution in [0.15, 0.2) is 80.8 Å². The Morgan fingerprint density at radius 3 is 2.43 bits per heavy atom. The SMILES string of the molecule is O=C(c1ccc(Br)cc1)C1Oc2ccc(Br)cc2C2CC(c3ccc(Cl)cc3)=NN12. The summed E-state index contributed by atoms with van der Waals surface area (Å²) in [5, 5.41) is 7.29. The molecule has 0 N–H and O–H groups in total. The summed E-state index contributed by atoms with van der Waals surface area (Å²) in [5.41, 5.74) is 3.48. The van der Waals surface area contributed by atoms with Crippen LogP contribution in [0.25, 0.3) is 0 Å². The van der Waals surface area contributed by atoms with Gasteiger partial charge in [-0.2, -0.15) is 5.10 Å². The molecular formula is C23H15Br2ClN2O2. The second-order valence-corrected chi connectivity index (χ2v) is 9.44. The number of nitrogens with zero attached hydrogens (tertiary/aromatic N) is 2. The van der Waals surface area contributed by atoms with Crippen molar-refractivity contribution in [1.29, 1.82) is 0 Å². The van der Waals surface area contributed by atoms with Crippen LogP contribution < -0.4 is 4.74 Å². The fourth-order valence-electron chi connectivity index (χ4n) is 3.80. The number of carbonyl (C=O) groups excluding carboxylic acids is 1. The molecule has 0 aliphatic carbocycles. The topological polar surface area (TPSA) is 41.9 Å². The van der Waals surface area contributed by atoms with Gasteiger partial charge in [0.1, 0.15) is 5.75 Å². The number of halogens is 3. The Balaban J connectivity index is 1.57. The van der Waals surface area contributed by atoms with Crippen LogP contribution in [0.4, 0.5) is 0 Å². The molecule has 3 aromatic rings. The van der Waals surface area contributed by atoms with Gasteiger partial charge in [-0.15, -0.1) is 0 Å². The number of hydrogen-bond acceptors (Lipinski definition) is 4. The lowest BCUT2D eigenvalue weighted by Crippen LogP contribution is -2.45. The first-order valence-corrected chi connectivity index (χ1v) is 11.3. The number of Topliss-reactive ketones (excluding diaryl/α,β-unsaturated/α-hetero) is 1. The van der Waals surface area contributed by atoms with E-state index >= 15 is 0 Å². The van der Waals surface area contributed by atoms with Crippen molar-refractivity contribution in [3.05, 3.63) is 97.4 Å². The van der Waals surface area contributed by atoms with Gasteiger partial charge in [-0.3, -0.25) is 4.79 Å². The number of ether oxygens (including phenoxy) is 1. The fourth-order valence-corrected chi connectivity index (χ4v) is 4.57. The lowest BCUT2D eigenvalue weighted by atomic mass is 9.96. The smallest absolute Gasteiger partial charge is 0.251 e. The highest BCUT2D eigenvalue weighted by atomic mass is 79.9. The predicted molar refractivity (Wildman–Crippen MR) is 124 cm³/mol. The van der Waals surface area contributed by atoms with Crippen molar-refractivity contribution in [3.8, 4) is 5.75 Å². The molecule has 0 fully saturated rings. The third-order valence-electron chi connectivity index (χ3n) is 5.28. The average molecular weight is 547 g/mol. The van der Waals surface area contributed by atoms with Crippen LogP contribution in [-0.4, -0.2) is 22.7 Å². The van der Waals surface area contributed by atoms with Gasteiger partial charge in [-0.25, -0.2) is 5.01 Å². The van der Waals surface area contributed by atoms with Gasteiger partial charge in [0.05, 0.1) is 11.8 Å². The summed E-state index contributed by atoms with van der Waals surface area (Å²) < 4.78 is 8.04. The minimum Gasteiger partial charge on any atom is -0.461 e. The first-order chi connectivity index (χ1) is 14.5. The normalized spacial score (nSPS) is 19.6. The van der Waals surface area contributed by atoms with Crippen LogP contribution in [-0.2, 0) is 0 Å². The maximum atomic E-state index is 13.3. The van der Waals surface area contributed by atoms with Crippen molar-refractivity contribution in [3.63, 3.8) is 0 Å². The molecule has 0 amide bonds. The molecular weight excluding hydrogens is 532 g/mol. The maximum Gasteiger partial charge on any atom is 0.251 e. The van der Waals surface area contributed by atoms with E-state index in [1.165, 1.54) is 0 Å². The lowest BCUT2D eigenvalue weighted by molar-refractivity contribution is -0.00459. The number of benzene rings is 3. The molecule has 0 saturated heterocycles. The number of carbonyl (C=O) groups is 1. The zero-order valence-corrected chi connectivity index (χ0v) is 19.5. The fraction of sp³-hybridized carbons (Fsp3) is 0.130. The molecule has 2 unspecified atom stereocenters. The zero-order valence-electron chi connectivity index (χ0n) is 15.6. The minimum absolute atomic E-state index is 0.0821. The number of ketones is 1. The van der Waals surface area contributed by atoms with Crippen molar-refractivity contribution in [2.24, 2.45) is 5.10 Å². The highest BCUT2D eigenvalue weighted by molar-refractivity contribution is 9.10. The van der Waals surface area contributed by atoms with Crippen molar-refractivity contribution in [2.45, 2.75) is 18.7 Å². The minimum atomic E-state index is -0.824. The van der Waals surface area contributed by atoms with Gasteiger partial charge < -0.3 is 4.74 Å². The lowest BCUT2D eigenvalue weighted by Gasteiger charge is -2.37. The van der Waals surface area contributed by atoms with Crippen LogP contribution in [0.3, 0.4) is 0 Å². The Morgan fingerprint density at radius 2 is 1.70 bits per heavy atom. The molecule has 30 heavy (non-hydrogen) atoms. The van der Waals surface area contributed by atoms with Crippen molar-refractivity contribution in [2.75, 3.05) is 0 Å². The molecule has 5 rings (SSSR count). The van der Waals surface area contributed by atoms with E-state index in [1.807, 2.05) is 54.6 Å². The van der Waals surface area contributed by atoms with Gasteiger partial charge in [0.25, 0.3) is 6.23 Å². The van der Waals surface area contributed by atoms with E-state index in [9.17, 15) is 4.79 Å². The van der Waals surface area contributed by atoms with Gasteiger partial charge in [-0.1, -0.05) is 67.7 Å². The van der Waals surface area contributed by atoms with Gasteiger partial charge in [0, 0.05) is 31.5 Å². The van der Waals surface area contributed by atoms with E-state index in [-0.39, 0.29) is 11.8 Å².